The molecule has 3 rings (SSSR count). The zero-order chi connectivity index (χ0) is 13.9. The Hall–Kier alpha value is -1.68. The lowest BCUT2D eigenvalue weighted by Crippen LogP contribution is -2.14. The highest BCUT2D eigenvalue weighted by Gasteiger charge is 2.28. The number of benzene rings is 1. The maximum absolute atomic E-state index is 5.89. The first-order valence-corrected chi connectivity index (χ1v) is 7.36. The van der Waals surface area contributed by atoms with E-state index in [4.69, 9.17) is 10.3 Å². The summed E-state index contributed by atoms with van der Waals surface area (Å²) in [4.78, 5) is 4.62. The third-order valence-corrected chi connectivity index (χ3v) is 4.25. The number of hydrogen-bond donors (Lipinski definition) is 1. The first-order valence-electron chi connectivity index (χ1n) is 7.36. The Bertz CT molecular complexity index is 552. The van der Waals surface area contributed by atoms with Crippen LogP contribution in [-0.4, -0.2) is 16.7 Å². The predicted molar refractivity (Wildman–Crippen MR) is 77.4 cm³/mol. The maximum Gasteiger partial charge on any atom is 0.235 e. The summed E-state index contributed by atoms with van der Waals surface area (Å²) >= 11 is 0. The molecule has 0 bridgehead atoms. The van der Waals surface area contributed by atoms with Crippen molar-refractivity contribution in [3.8, 4) is 0 Å². The largest absolute Gasteiger partial charge is 0.339 e. The third-order valence-electron chi connectivity index (χ3n) is 4.25. The van der Waals surface area contributed by atoms with Crippen molar-refractivity contribution in [2.45, 2.75) is 38.0 Å². The molecule has 0 amide bonds. The van der Waals surface area contributed by atoms with Crippen molar-refractivity contribution in [1.29, 1.82) is 0 Å². The molecule has 3 atom stereocenters. The molecule has 1 aliphatic rings. The molecule has 1 heterocycles. The lowest BCUT2D eigenvalue weighted by Gasteiger charge is -2.09. The van der Waals surface area contributed by atoms with E-state index in [1.165, 1.54) is 12.8 Å². The molecular weight excluding hydrogens is 250 g/mol. The fourth-order valence-corrected chi connectivity index (χ4v) is 3.06. The molecule has 0 spiro atoms. The minimum absolute atomic E-state index is 0.00345. The molecule has 0 saturated heterocycles. The Morgan fingerprint density at radius 3 is 2.75 bits per heavy atom. The van der Waals surface area contributed by atoms with Crippen LogP contribution in [0.2, 0.25) is 0 Å². The standard InChI is InChI=1S/C16H21N3O/c1-11-7-8-13(9-11)15-18-16(20-19-15)14(10-17)12-5-3-2-4-6-12/h2-6,11,13-14H,7-10,17H2,1H3. The SMILES string of the molecule is CC1CCC(c2noc(C(CN)c3ccccc3)n2)C1. The topological polar surface area (TPSA) is 64.9 Å². The molecule has 106 valence electrons. The quantitative estimate of drug-likeness (QED) is 0.928. The van der Waals surface area contributed by atoms with Crippen molar-refractivity contribution in [2.75, 3.05) is 6.54 Å². The maximum atomic E-state index is 5.89. The molecule has 3 unspecified atom stereocenters. The van der Waals surface area contributed by atoms with Crippen LogP contribution in [0.1, 0.15) is 55.3 Å². The van der Waals surface area contributed by atoms with Crippen LogP contribution < -0.4 is 5.73 Å². The molecule has 0 aliphatic heterocycles. The lowest BCUT2D eigenvalue weighted by molar-refractivity contribution is 0.358. The van der Waals surface area contributed by atoms with E-state index in [0.717, 1.165) is 23.7 Å². The Labute approximate surface area is 119 Å². The highest BCUT2D eigenvalue weighted by molar-refractivity contribution is 5.25. The van der Waals surface area contributed by atoms with Crippen LogP contribution in [-0.2, 0) is 0 Å². The van der Waals surface area contributed by atoms with Gasteiger partial charge in [-0.2, -0.15) is 4.98 Å². The van der Waals surface area contributed by atoms with Crippen LogP contribution in [0.15, 0.2) is 34.9 Å². The molecule has 1 fully saturated rings. The summed E-state index contributed by atoms with van der Waals surface area (Å²) in [7, 11) is 0. The molecular formula is C16H21N3O. The van der Waals surface area contributed by atoms with Crippen molar-refractivity contribution in [2.24, 2.45) is 11.7 Å². The zero-order valence-corrected chi connectivity index (χ0v) is 11.8. The van der Waals surface area contributed by atoms with Gasteiger partial charge in [0.25, 0.3) is 0 Å². The van der Waals surface area contributed by atoms with Gasteiger partial charge in [-0.1, -0.05) is 42.4 Å². The van der Waals surface area contributed by atoms with E-state index in [2.05, 4.69) is 29.2 Å². The van der Waals surface area contributed by atoms with Gasteiger partial charge in [0.1, 0.15) is 0 Å². The molecule has 4 nitrogen and oxygen atoms in total. The minimum atomic E-state index is -0.00345. The van der Waals surface area contributed by atoms with Gasteiger partial charge in [-0.05, 0) is 30.7 Å². The second kappa shape index (κ2) is 5.75. The zero-order valence-electron chi connectivity index (χ0n) is 11.8. The number of hydrogen-bond acceptors (Lipinski definition) is 4. The van der Waals surface area contributed by atoms with Crippen LogP contribution in [0, 0.1) is 5.92 Å². The van der Waals surface area contributed by atoms with Crippen molar-refractivity contribution in [3.63, 3.8) is 0 Å². The molecule has 0 radical (unpaired) electrons. The van der Waals surface area contributed by atoms with Crippen LogP contribution in [0.3, 0.4) is 0 Å². The van der Waals surface area contributed by atoms with E-state index in [9.17, 15) is 0 Å². The molecule has 2 aromatic rings. The summed E-state index contributed by atoms with van der Waals surface area (Å²) in [6.07, 6.45) is 3.59. The minimum Gasteiger partial charge on any atom is -0.339 e. The summed E-state index contributed by atoms with van der Waals surface area (Å²) in [6.45, 7) is 2.76. The van der Waals surface area contributed by atoms with Crippen LogP contribution >= 0.6 is 0 Å². The van der Waals surface area contributed by atoms with E-state index < -0.39 is 0 Å². The number of nitrogens with two attached hydrogens (primary N) is 1. The van der Waals surface area contributed by atoms with E-state index in [1.54, 1.807) is 0 Å². The first kappa shape index (κ1) is 13.3. The van der Waals surface area contributed by atoms with Gasteiger partial charge in [-0.25, -0.2) is 0 Å². The van der Waals surface area contributed by atoms with Gasteiger partial charge in [0.15, 0.2) is 5.82 Å². The molecule has 2 N–H and O–H groups in total. The number of nitrogens with zero attached hydrogens (tertiary/aromatic N) is 2. The van der Waals surface area contributed by atoms with Crippen LogP contribution in [0.4, 0.5) is 0 Å². The van der Waals surface area contributed by atoms with E-state index >= 15 is 0 Å². The van der Waals surface area contributed by atoms with Crippen molar-refractivity contribution >= 4 is 0 Å². The molecule has 4 heteroatoms. The van der Waals surface area contributed by atoms with Crippen LogP contribution in [0.25, 0.3) is 0 Å². The highest BCUT2D eigenvalue weighted by atomic mass is 16.5. The summed E-state index contributed by atoms with van der Waals surface area (Å²) in [6, 6.07) is 10.1. The van der Waals surface area contributed by atoms with Gasteiger partial charge in [0.05, 0.1) is 5.92 Å². The predicted octanol–water partition coefficient (Wildman–Crippen LogP) is 3.06. The third kappa shape index (κ3) is 2.61. The molecule has 1 saturated carbocycles. The first-order chi connectivity index (χ1) is 9.78. The molecule has 1 aromatic carbocycles. The number of aromatic nitrogens is 2. The monoisotopic (exact) mass is 271 g/mol. The van der Waals surface area contributed by atoms with E-state index in [0.29, 0.717) is 18.4 Å². The Morgan fingerprint density at radius 1 is 1.30 bits per heavy atom. The van der Waals surface area contributed by atoms with Gasteiger partial charge in [-0.3, -0.25) is 0 Å². The van der Waals surface area contributed by atoms with Crippen LogP contribution in [0.5, 0.6) is 0 Å². The fourth-order valence-electron chi connectivity index (χ4n) is 3.06. The summed E-state index contributed by atoms with van der Waals surface area (Å²) in [5, 5.41) is 4.19. The van der Waals surface area contributed by atoms with Crippen molar-refractivity contribution < 1.29 is 4.52 Å². The van der Waals surface area contributed by atoms with Gasteiger partial charge >= 0.3 is 0 Å². The normalized spacial score (nSPS) is 23.9. The fraction of sp³-hybridized carbons (Fsp3) is 0.500. The Morgan fingerprint density at radius 2 is 2.10 bits per heavy atom. The average molecular weight is 271 g/mol. The van der Waals surface area contributed by atoms with Crippen molar-refractivity contribution in [1.82, 2.24) is 10.1 Å². The summed E-state index contributed by atoms with van der Waals surface area (Å²) in [5.74, 6) is 2.72. The highest BCUT2D eigenvalue weighted by Crippen LogP contribution is 2.37. The Balaban J connectivity index is 1.81. The lowest BCUT2D eigenvalue weighted by atomic mass is 9.99. The smallest absolute Gasteiger partial charge is 0.235 e. The number of rotatable bonds is 4. The van der Waals surface area contributed by atoms with Gasteiger partial charge < -0.3 is 10.3 Å². The molecule has 20 heavy (non-hydrogen) atoms. The second-order valence-electron chi connectivity index (χ2n) is 5.80. The van der Waals surface area contributed by atoms with Gasteiger partial charge in [0, 0.05) is 12.5 Å². The van der Waals surface area contributed by atoms with E-state index in [-0.39, 0.29) is 5.92 Å². The van der Waals surface area contributed by atoms with E-state index in [1.807, 2.05) is 18.2 Å². The average Bonchev–Trinajstić information content (AvgIpc) is 3.10. The summed E-state index contributed by atoms with van der Waals surface area (Å²) in [5.41, 5.74) is 7.02. The molecule has 1 aromatic heterocycles. The Kier molecular flexibility index (Phi) is 3.83. The summed E-state index contributed by atoms with van der Waals surface area (Å²) < 4.78 is 5.48. The van der Waals surface area contributed by atoms with Gasteiger partial charge in [0.2, 0.25) is 5.89 Å². The van der Waals surface area contributed by atoms with Gasteiger partial charge in [-0.15, -0.1) is 0 Å². The van der Waals surface area contributed by atoms with Crippen molar-refractivity contribution in [3.05, 3.63) is 47.6 Å². The second-order valence-corrected chi connectivity index (χ2v) is 5.80. The molecule has 1 aliphatic carbocycles.